The lowest BCUT2D eigenvalue weighted by atomic mass is 9.77. The van der Waals surface area contributed by atoms with Crippen molar-refractivity contribution in [2.24, 2.45) is 11.8 Å². The van der Waals surface area contributed by atoms with Crippen molar-refractivity contribution in [1.82, 2.24) is 0 Å². The van der Waals surface area contributed by atoms with Crippen LogP contribution in [0.5, 0.6) is 0 Å². The zero-order valence-corrected chi connectivity index (χ0v) is 7.40. The highest BCUT2D eigenvalue weighted by atomic mass is 16.4. The third-order valence-corrected chi connectivity index (χ3v) is 2.66. The van der Waals surface area contributed by atoms with Crippen molar-refractivity contribution in [2.45, 2.75) is 32.1 Å². The molecule has 0 aliphatic heterocycles. The number of carboxylic acids is 2. The molecular formula is C9H14O4. The number of rotatable bonds is 3. The molecule has 0 spiro atoms. The van der Waals surface area contributed by atoms with Crippen LogP contribution < -0.4 is 0 Å². The van der Waals surface area contributed by atoms with Crippen LogP contribution in [-0.4, -0.2) is 22.2 Å². The molecular weight excluding hydrogens is 172 g/mol. The Bertz CT molecular complexity index is 212. The van der Waals surface area contributed by atoms with Gasteiger partial charge in [-0.05, 0) is 18.8 Å². The molecule has 1 rings (SSSR count). The van der Waals surface area contributed by atoms with Crippen molar-refractivity contribution in [2.75, 3.05) is 0 Å². The molecule has 0 bridgehead atoms. The van der Waals surface area contributed by atoms with E-state index in [1.807, 2.05) is 0 Å². The predicted molar refractivity (Wildman–Crippen MR) is 45.3 cm³/mol. The van der Waals surface area contributed by atoms with Crippen LogP contribution in [0.2, 0.25) is 0 Å². The largest absolute Gasteiger partial charge is 0.481 e. The summed E-state index contributed by atoms with van der Waals surface area (Å²) in [5, 5.41) is 17.4. The van der Waals surface area contributed by atoms with E-state index in [-0.39, 0.29) is 12.3 Å². The van der Waals surface area contributed by atoms with Gasteiger partial charge >= 0.3 is 11.9 Å². The highest BCUT2D eigenvalue weighted by Crippen LogP contribution is 2.32. The first-order chi connectivity index (χ1) is 6.11. The van der Waals surface area contributed by atoms with Crippen LogP contribution in [0.3, 0.4) is 0 Å². The van der Waals surface area contributed by atoms with E-state index in [0.717, 1.165) is 19.3 Å². The predicted octanol–water partition coefficient (Wildman–Crippen LogP) is 1.35. The Labute approximate surface area is 76.6 Å². The van der Waals surface area contributed by atoms with Crippen LogP contribution in [0.1, 0.15) is 32.1 Å². The van der Waals surface area contributed by atoms with Gasteiger partial charge in [-0.15, -0.1) is 0 Å². The van der Waals surface area contributed by atoms with Crippen LogP contribution in [0.15, 0.2) is 0 Å². The topological polar surface area (TPSA) is 74.6 Å². The summed E-state index contributed by atoms with van der Waals surface area (Å²) in [5.74, 6) is -2.34. The third-order valence-electron chi connectivity index (χ3n) is 2.66. The second kappa shape index (κ2) is 4.25. The minimum absolute atomic E-state index is 0.00301. The van der Waals surface area contributed by atoms with E-state index in [4.69, 9.17) is 10.2 Å². The molecule has 0 aromatic heterocycles. The van der Waals surface area contributed by atoms with Crippen LogP contribution in [0.4, 0.5) is 0 Å². The molecule has 1 aliphatic rings. The molecule has 4 nitrogen and oxygen atoms in total. The van der Waals surface area contributed by atoms with Crippen LogP contribution >= 0.6 is 0 Å². The van der Waals surface area contributed by atoms with Crippen molar-refractivity contribution in [3.8, 4) is 0 Å². The smallest absolute Gasteiger partial charge is 0.306 e. The number of carbonyl (C=O) groups is 2. The Morgan fingerprint density at radius 3 is 2.31 bits per heavy atom. The summed E-state index contributed by atoms with van der Waals surface area (Å²) in [4.78, 5) is 21.2. The molecule has 0 amide bonds. The summed E-state index contributed by atoms with van der Waals surface area (Å²) in [6.45, 7) is 0. The molecule has 1 aliphatic carbocycles. The van der Waals surface area contributed by atoms with Crippen molar-refractivity contribution in [3.05, 3.63) is 0 Å². The average molecular weight is 186 g/mol. The van der Waals surface area contributed by atoms with E-state index in [9.17, 15) is 9.59 Å². The quantitative estimate of drug-likeness (QED) is 0.697. The highest BCUT2D eigenvalue weighted by molar-refractivity contribution is 5.73. The Morgan fingerprint density at radius 2 is 1.77 bits per heavy atom. The fourth-order valence-corrected chi connectivity index (χ4v) is 2.00. The summed E-state index contributed by atoms with van der Waals surface area (Å²) < 4.78 is 0. The standard InChI is InChI=1S/C9H14O4/c10-8(11)5-6-3-1-2-4-7(6)9(12)13/h6-7H,1-5H2,(H,10,11)(H,12,13)/t6?,7-/m1/s1. The zero-order chi connectivity index (χ0) is 9.84. The van der Waals surface area contributed by atoms with Gasteiger partial charge in [0.15, 0.2) is 0 Å². The number of hydrogen-bond acceptors (Lipinski definition) is 2. The molecule has 0 aromatic rings. The maximum absolute atomic E-state index is 10.8. The summed E-state index contributed by atoms with van der Waals surface area (Å²) in [5.41, 5.74) is 0. The minimum Gasteiger partial charge on any atom is -0.481 e. The molecule has 0 radical (unpaired) electrons. The van der Waals surface area contributed by atoms with Gasteiger partial charge in [0.1, 0.15) is 0 Å². The van der Waals surface area contributed by atoms with E-state index in [2.05, 4.69) is 0 Å². The van der Waals surface area contributed by atoms with Gasteiger partial charge < -0.3 is 10.2 Å². The molecule has 0 saturated heterocycles. The van der Waals surface area contributed by atoms with Crippen molar-refractivity contribution in [1.29, 1.82) is 0 Å². The number of carboxylic acid groups (broad SMARTS) is 2. The lowest BCUT2D eigenvalue weighted by molar-refractivity contribution is -0.146. The molecule has 1 saturated carbocycles. The second-order valence-electron chi connectivity index (χ2n) is 3.59. The van der Waals surface area contributed by atoms with Gasteiger partial charge in [0.05, 0.1) is 5.92 Å². The first kappa shape index (κ1) is 10.0. The fraction of sp³-hybridized carbons (Fsp3) is 0.778. The fourth-order valence-electron chi connectivity index (χ4n) is 2.00. The highest BCUT2D eigenvalue weighted by Gasteiger charge is 2.31. The van der Waals surface area contributed by atoms with E-state index in [0.29, 0.717) is 6.42 Å². The molecule has 1 fully saturated rings. The van der Waals surface area contributed by atoms with Gasteiger partial charge in [-0.2, -0.15) is 0 Å². The van der Waals surface area contributed by atoms with E-state index in [1.165, 1.54) is 0 Å². The molecule has 4 heteroatoms. The van der Waals surface area contributed by atoms with Crippen molar-refractivity contribution in [3.63, 3.8) is 0 Å². The third kappa shape index (κ3) is 2.72. The minimum atomic E-state index is -0.891. The monoisotopic (exact) mass is 186 g/mol. The Hall–Kier alpha value is -1.06. The van der Waals surface area contributed by atoms with E-state index >= 15 is 0 Å². The normalized spacial score (nSPS) is 28.3. The van der Waals surface area contributed by atoms with Gasteiger partial charge in [-0.25, -0.2) is 0 Å². The first-order valence-corrected chi connectivity index (χ1v) is 4.56. The summed E-state index contributed by atoms with van der Waals surface area (Å²) in [6.07, 6.45) is 3.24. The summed E-state index contributed by atoms with van der Waals surface area (Å²) >= 11 is 0. The Balaban J connectivity index is 2.56. The molecule has 2 atom stereocenters. The molecule has 13 heavy (non-hydrogen) atoms. The molecule has 2 N–H and O–H groups in total. The van der Waals surface area contributed by atoms with E-state index in [1.54, 1.807) is 0 Å². The molecule has 1 unspecified atom stereocenters. The average Bonchev–Trinajstić information content (AvgIpc) is 2.03. The van der Waals surface area contributed by atoms with Gasteiger partial charge in [0.25, 0.3) is 0 Å². The van der Waals surface area contributed by atoms with Crippen LogP contribution in [0.25, 0.3) is 0 Å². The summed E-state index contributed by atoms with van der Waals surface area (Å²) in [6, 6.07) is 0. The molecule has 0 heterocycles. The van der Waals surface area contributed by atoms with Gasteiger partial charge in [-0.3, -0.25) is 9.59 Å². The Morgan fingerprint density at radius 1 is 1.15 bits per heavy atom. The lowest BCUT2D eigenvalue weighted by Gasteiger charge is -2.26. The zero-order valence-electron chi connectivity index (χ0n) is 7.40. The lowest BCUT2D eigenvalue weighted by Crippen LogP contribution is -2.28. The second-order valence-corrected chi connectivity index (χ2v) is 3.59. The van der Waals surface area contributed by atoms with E-state index < -0.39 is 17.9 Å². The Kier molecular flexibility index (Phi) is 3.28. The van der Waals surface area contributed by atoms with Crippen LogP contribution in [-0.2, 0) is 9.59 Å². The first-order valence-electron chi connectivity index (χ1n) is 4.56. The van der Waals surface area contributed by atoms with Crippen molar-refractivity contribution >= 4 is 11.9 Å². The molecule has 74 valence electrons. The van der Waals surface area contributed by atoms with Crippen molar-refractivity contribution < 1.29 is 19.8 Å². The van der Waals surface area contributed by atoms with Gasteiger partial charge in [0, 0.05) is 6.42 Å². The maximum atomic E-state index is 10.8. The summed E-state index contributed by atoms with van der Waals surface area (Å²) in [7, 11) is 0. The maximum Gasteiger partial charge on any atom is 0.306 e. The van der Waals surface area contributed by atoms with Gasteiger partial charge in [-0.1, -0.05) is 12.8 Å². The van der Waals surface area contributed by atoms with Crippen LogP contribution in [0, 0.1) is 11.8 Å². The number of hydrogen-bond donors (Lipinski definition) is 2. The molecule has 0 aromatic carbocycles. The SMILES string of the molecule is O=C(O)CC1CCCC[C@H]1C(=O)O. The van der Waals surface area contributed by atoms with Gasteiger partial charge in [0.2, 0.25) is 0 Å². The number of aliphatic carboxylic acids is 2.